The van der Waals surface area contributed by atoms with Crippen molar-refractivity contribution in [2.75, 3.05) is 6.26 Å². The number of aromatic nitrogens is 1. The third-order valence-electron chi connectivity index (χ3n) is 5.26. The van der Waals surface area contributed by atoms with Crippen molar-refractivity contribution in [3.05, 3.63) is 82.0 Å². The minimum atomic E-state index is -4.05. The first-order valence-electron chi connectivity index (χ1n) is 10.4. The molecule has 7 nitrogen and oxygen atoms in total. The van der Waals surface area contributed by atoms with Crippen LogP contribution in [0.3, 0.4) is 0 Å². The fraction of sp³-hybridized carbons (Fsp3) is 0.280. The first kappa shape index (κ1) is 27.2. The Morgan fingerprint density at radius 3 is 1.59 bits per heavy atom. The topological polar surface area (TPSA) is 107 Å². The van der Waals surface area contributed by atoms with Gasteiger partial charge in [0.2, 0.25) is 5.88 Å². The van der Waals surface area contributed by atoms with Crippen molar-refractivity contribution in [3.63, 3.8) is 0 Å². The molecule has 3 aromatic rings. The van der Waals surface area contributed by atoms with Gasteiger partial charge in [-0.05, 0) is 76.9 Å². The molecule has 1 aromatic heterocycles. The van der Waals surface area contributed by atoms with Crippen LogP contribution in [0.2, 0.25) is 0 Å². The molecule has 0 aliphatic carbocycles. The highest BCUT2D eigenvalue weighted by atomic mass is 32.2. The van der Waals surface area contributed by atoms with Crippen LogP contribution in [-0.4, -0.2) is 33.9 Å². The number of carbonyl (C=O) groups excluding carboxylic acids is 1. The Balaban J connectivity index is 0.000000310. The minimum Gasteiger partial charge on any atom is -0.357 e. The highest BCUT2D eigenvalue weighted by Gasteiger charge is 2.24. The first-order chi connectivity index (χ1) is 15.6. The van der Waals surface area contributed by atoms with Crippen molar-refractivity contribution in [1.29, 1.82) is 0 Å². The summed E-state index contributed by atoms with van der Waals surface area (Å²) in [6.07, 6.45) is 1.21. The lowest BCUT2D eigenvalue weighted by molar-refractivity contribution is 0.101. The van der Waals surface area contributed by atoms with Gasteiger partial charge in [0.1, 0.15) is 4.90 Å². The van der Waals surface area contributed by atoms with Gasteiger partial charge in [0, 0.05) is 11.9 Å². The maximum Gasteiger partial charge on any atom is 0.340 e. The van der Waals surface area contributed by atoms with E-state index in [1.54, 1.807) is 50.2 Å². The molecule has 9 heteroatoms. The molecular formula is C25H29NO6S2. The number of ketones is 1. The molecule has 0 amide bonds. The SMILES string of the molecule is CC(=O)c1c(OS(=O)(=O)c2ccc(C)cc2)nc(C)c(C)c1C.Cc1ccc(S(C)(=O)=O)cc1. The average Bonchev–Trinajstić information content (AvgIpc) is 2.72. The molecule has 0 aliphatic heterocycles. The second-order valence-electron chi connectivity index (χ2n) is 8.12. The molecular weight excluding hydrogens is 474 g/mol. The molecule has 0 aliphatic rings. The average molecular weight is 504 g/mol. The largest absolute Gasteiger partial charge is 0.357 e. The summed E-state index contributed by atoms with van der Waals surface area (Å²) in [6.45, 7) is 10.5. The minimum absolute atomic E-state index is 0.0234. The van der Waals surface area contributed by atoms with Crippen LogP contribution in [0.4, 0.5) is 0 Å². The van der Waals surface area contributed by atoms with Crippen LogP contribution in [0, 0.1) is 34.6 Å². The lowest BCUT2D eigenvalue weighted by atomic mass is 10.0. The quantitative estimate of drug-likeness (QED) is 0.367. The number of carbonyl (C=O) groups is 1. The van der Waals surface area contributed by atoms with Gasteiger partial charge < -0.3 is 4.18 Å². The van der Waals surface area contributed by atoms with Crippen molar-refractivity contribution in [2.24, 2.45) is 0 Å². The summed E-state index contributed by atoms with van der Waals surface area (Å²) in [5, 5.41) is 0. The molecule has 0 bridgehead atoms. The maximum absolute atomic E-state index is 12.4. The van der Waals surface area contributed by atoms with Crippen molar-refractivity contribution in [2.45, 2.75) is 51.3 Å². The van der Waals surface area contributed by atoms with Crippen molar-refractivity contribution >= 4 is 25.7 Å². The Labute approximate surface area is 201 Å². The number of aryl methyl sites for hydroxylation is 3. The van der Waals surface area contributed by atoms with E-state index >= 15 is 0 Å². The summed E-state index contributed by atoms with van der Waals surface area (Å²) < 4.78 is 51.9. The van der Waals surface area contributed by atoms with E-state index in [4.69, 9.17) is 4.18 Å². The molecule has 0 saturated heterocycles. The second-order valence-corrected chi connectivity index (χ2v) is 11.7. The van der Waals surface area contributed by atoms with E-state index in [9.17, 15) is 21.6 Å². The van der Waals surface area contributed by atoms with Gasteiger partial charge in [-0.15, -0.1) is 0 Å². The summed E-state index contributed by atoms with van der Waals surface area (Å²) in [7, 11) is -7.07. The van der Waals surface area contributed by atoms with Gasteiger partial charge in [-0.1, -0.05) is 35.4 Å². The third kappa shape index (κ3) is 6.74. The zero-order valence-corrected chi connectivity index (χ0v) is 22.0. The molecule has 2 aromatic carbocycles. The highest BCUT2D eigenvalue weighted by molar-refractivity contribution is 7.90. The molecule has 0 unspecified atom stereocenters. The molecule has 0 radical (unpaired) electrons. The van der Waals surface area contributed by atoms with E-state index in [0.717, 1.165) is 16.7 Å². The van der Waals surface area contributed by atoms with Crippen LogP contribution in [0.5, 0.6) is 5.88 Å². The maximum atomic E-state index is 12.4. The summed E-state index contributed by atoms with van der Waals surface area (Å²) in [5.41, 5.74) is 4.35. The van der Waals surface area contributed by atoms with E-state index in [1.165, 1.54) is 25.3 Å². The van der Waals surface area contributed by atoms with Crippen molar-refractivity contribution in [3.8, 4) is 5.88 Å². The summed E-state index contributed by atoms with van der Waals surface area (Å²) in [4.78, 5) is 16.5. The number of benzene rings is 2. The number of sulfone groups is 1. The van der Waals surface area contributed by atoms with Crippen LogP contribution in [-0.2, 0) is 20.0 Å². The Morgan fingerprint density at radius 1 is 0.735 bits per heavy atom. The normalized spacial score (nSPS) is 11.4. The fourth-order valence-electron chi connectivity index (χ4n) is 3.03. The summed E-state index contributed by atoms with van der Waals surface area (Å²) >= 11 is 0. The number of pyridine rings is 1. The third-order valence-corrected chi connectivity index (χ3v) is 7.62. The zero-order chi connectivity index (χ0) is 25.8. The molecule has 0 spiro atoms. The van der Waals surface area contributed by atoms with Gasteiger partial charge in [-0.2, -0.15) is 8.42 Å². The van der Waals surface area contributed by atoms with Crippen molar-refractivity contribution in [1.82, 2.24) is 4.98 Å². The van der Waals surface area contributed by atoms with Gasteiger partial charge in [-0.3, -0.25) is 4.79 Å². The molecule has 0 N–H and O–H groups in total. The van der Waals surface area contributed by atoms with Crippen molar-refractivity contribution < 1.29 is 25.8 Å². The number of nitrogens with zero attached hydrogens (tertiary/aromatic N) is 1. The van der Waals surface area contributed by atoms with E-state index in [0.29, 0.717) is 16.2 Å². The molecule has 0 saturated carbocycles. The second kappa shape index (κ2) is 10.5. The fourth-order valence-corrected chi connectivity index (χ4v) is 4.55. The van der Waals surface area contributed by atoms with E-state index in [-0.39, 0.29) is 22.1 Å². The standard InChI is InChI=1S/C17H19NO4S.C8H10O2S/c1-10-6-8-15(9-7-10)23(20,21)22-17-16(14(5)19)12(3)11(2)13(4)18-17;1-7-3-5-8(6-4-7)11(2,9)10/h6-9H,1-5H3;3-6H,1-2H3. The summed E-state index contributed by atoms with van der Waals surface area (Å²) in [5.74, 6) is -0.453. The smallest absolute Gasteiger partial charge is 0.340 e. The lowest BCUT2D eigenvalue weighted by Crippen LogP contribution is -2.15. The first-order valence-corrected chi connectivity index (χ1v) is 13.7. The number of rotatable bonds is 5. The van der Waals surface area contributed by atoms with E-state index < -0.39 is 20.0 Å². The molecule has 0 atom stereocenters. The number of hydrogen-bond acceptors (Lipinski definition) is 7. The molecule has 182 valence electrons. The van der Waals surface area contributed by atoms with Crippen LogP contribution < -0.4 is 4.18 Å². The Bertz CT molecular complexity index is 1410. The number of Topliss-reactive ketones (excluding diaryl/α,β-unsaturated/α-hetero) is 1. The highest BCUT2D eigenvalue weighted by Crippen LogP contribution is 2.28. The molecule has 34 heavy (non-hydrogen) atoms. The van der Waals surface area contributed by atoms with Gasteiger partial charge >= 0.3 is 10.1 Å². The lowest BCUT2D eigenvalue weighted by Gasteiger charge is -2.14. The van der Waals surface area contributed by atoms with Gasteiger partial charge in [0.15, 0.2) is 15.6 Å². The van der Waals surface area contributed by atoms with Crippen LogP contribution in [0.25, 0.3) is 0 Å². The van der Waals surface area contributed by atoms with Gasteiger partial charge in [-0.25, -0.2) is 13.4 Å². The molecule has 0 fully saturated rings. The Kier molecular flexibility index (Phi) is 8.39. The van der Waals surface area contributed by atoms with Gasteiger partial charge in [0.05, 0.1) is 10.5 Å². The predicted octanol–water partition coefficient (Wildman–Crippen LogP) is 4.68. The van der Waals surface area contributed by atoms with Crippen LogP contribution >= 0.6 is 0 Å². The zero-order valence-electron chi connectivity index (χ0n) is 20.3. The Hall–Kier alpha value is -3.04. The predicted molar refractivity (Wildman–Crippen MR) is 132 cm³/mol. The number of hydrogen-bond donors (Lipinski definition) is 0. The monoisotopic (exact) mass is 503 g/mol. The van der Waals surface area contributed by atoms with E-state index in [2.05, 4.69) is 4.98 Å². The molecule has 3 rings (SSSR count). The van der Waals surface area contributed by atoms with Crippen LogP contribution in [0.15, 0.2) is 58.3 Å². The summed E-state index contributed by atoms with van der Waals surface area (Å²) in [6, 6.07) is 13.1. The van der Waals surface area contributed by atoms with Crippen LogP contribution in [0.1, 0.15) is 45.2 Å². The van der Waals surface area contributed by atoms with Gasteiger partial charge in [0.25, 0.3) is 0 Å². The molecule has 1 heterocycles. The van der Waals surface area contributed by atoms with E-state index in [1.807, 2.05) is 20.8 Å². The Morgan fingerprint density at radius 2 is 1.18 bits per heavy atom.